The Morgan fingerprint density at radius 1 is 0.831 bits per heavy atom. The van der Waals surface area contributed by atoms with Gasteiger partial charge in [-0.05, 0) is 74.0 Å². The van der Waals surface area contributed by atoms with E-state index in [9.17, 15) is 24.9 Å². The minimum Gasteiger partial charge on any atom is -0.532 e. The zero-order chi connectivity index (χ0) is 42.4. The van der Waals surface area contributed by atoms with Gasteiger partial charge < -0.3 is 51.3 Å². The van der Waals surface area contributed by atoms with E-state index in [0.29, 0.717) is 50.8 Å². The molecular formula is C38H41B2BrN10O8. The van der Waals surface area contributed by atoms with Crippen molar-refractivity contribution in [2.75, 3.05) is 37.5 Å². The minimum absolute atomic E-state index is 0.0831. The molecular weight excluding hydrogens is 826 g/mol. The number of carbonyl (C=O) groups excluding carboxylic acids is 2. The van der Waals surface area contributed by atoms with Crippen LogP contribution in [0.5, 0.6) is 11.5 Å². The first-order chi connectivity index (χ1) is 28.3. The van der Waals surface area contributed by atoms with Crippen LogP contribution in [0.1, 0.15) is 67.9 Å². The maximum absolute atomic E-state index is 12.0. The molecule has 2 amide bonds. The molecule has 18 nitrogen and oxygen atoms in total. The Balaban J connectivity index is 0.000000165. The molecule has 21 heteroatoms. The van der Waals surface area contributed by atoms with Gasteiger partial charge in [-0.2, -0.15) is 20.7 Å². The molecule has 2 unspecified atom stereocenters. The first-order valence-corrected chi connectivity index (χ1v) is 19.3. The highest BCUT2D eigenvalue weighted by atomic mass is 79.9. The molecule has 4 atom stereocenters. The van der Waals surface area contributed by atoms with Crippen LogP contribution in [0.2, 0.25) is 0 Å². The van der Waals surface area contributed by atoms with E-state index >= 15 is 0 Å². The Morgan fingerprint density at radius 3 is 1.86 bits per heavy atom. The summed E-state index contributed by atoms with van der Waals surface area (Å²) in [5.74, 6) is 3.16. The summed E-state index contributed by atoms with van der Waals surface area (Å²) in [6, 6.07) is 11.5. The second kappa shape index (κ2) is 18.7. The van der Waals surface area contributed by atoms with Crippen LogP contribution in [-0.4, -0.2) is 82.1 Å². The Morgan fingerprint density at radius 2 is 1.34 bits per heavy atom. The number of aromatic nitrogens is 4. The lowest BCUT2D eigenvalue weighted by Gasteiger charge is -2.27. The van der Waals surface area contributed by atoms with E-state index in [1.807, 2.05) is 38.1 Å². The number of amides is 2. The molecule has 4 aliphatic heterocycles. The van der Waals surface area contributed by atoms with Crippen LogP contribution in [0.3, 0.4) is 0 Å². The molecule has 2 saturated heterocycles. The van der Waals surface area contributed by atoms with Crippen molar-refractivity contribution in [1.82, 2.24) is 19.6 Å². The number of rotatable bonds is 6. The van der Waals surface area contributed by atoms with Gasteiger partial charge in [-0.25, -0.2) is 0 Å². The average molecular weight is 867 g/mol. The van der Waals surface area contributed by atoms with E-state index in [-0.39, 0.29) is 40.9 Å². The number of nitrogens with zero attached hydrogens (tertiary/aromatic N) is 6. The fourth-order valence-electron chi connectivity index (χ4n) is 6.67. The van der Waals surface area contributed by atoms with Crippen LogP contribution in [0.4, 0.5) is 17.3 Å². The molecule has 2 fully saturated rings. The molecule has 4 aromatic rings. The van der Waals surface area contributed by atoms with Crippen LogP contribution in [-0.2, 0) is 9.47 Å². The first kappa shape index (κ1) is 42.5. The Hall–Kier alpha value is -6.09. The fourth-order valence-corrected chi connectivity index (χ4v) is 7.04. The molecule has 0 bridgehead atoms. The maximum Gasteiger partial charge on any atom is 0.552 e. The summed E-state index contributed by atoms with van der Waals surface area (Å²) in [6.45, 7) is 5.69. The predicted octanol–water partition coefficient (Wildman–Crippen LogP) is 3.41. The number of nitrogen functional groups attached to an aromatic ring is 1. The normalized spacial score (nSPS) is 20.1. The first-order valence-electron chi connectivity index (χ1n) is 18.5. The monoisotopic (exact) mass is 866 g/mol. The summed E-state index contributed by atoms with van der Waals surface area (Å²) in [5, 5.41) is 48.9. The van der Waals surface area contributed by atoms with Crippen molar-refractivity contribution in [1.29, 1.82) is 10.5 Å². The van der Waals surface area contributed by atoms with Gasteiger partial charge in [0.2, 0.25) is 0 Å². The molecule has 4 aliphatic rings. The Bertz CT molecular complexity index is 2370. The third kappa shape index (κ3) is 9.97. The van der Waals surface area contributed by atoms with Gasteiger partial charge in [-0.1, -0.05) is 28.1 Å². The van der Waals surface area contributed by atoms with Crippen molar-refractivity contribution in [3.8, 4) is 23.6 Å². The number of nitriles is 2. The number of halogens is 1. The van der Waals surface area contributed by atoms with E-state index in [1.165, 1.54) is 16.9 Å². The topological polar surface area (TPSA) is 285 Å². The van der Waals surface area contributed by atoms with Gasteiger partial charge in [0.25, 0.3) is 11.8 Å². The number of anilines is 3. The zero-order valence-electron chi connectivity index (χ0n) is 32.1. The second-order valence-corrected chi connectivity index (χ2v) is 14.9. The Labute approximate surface area is 348 Å². The largest absolute Gasteiger partial charge is 0.552 e. The van der Waals surface area contributed by atoms with Crippen LogP contribution < -0.4 is 31.8 Å². The van der Waals surface area contributed by atoms with Gasteiger partial charge >= 0.3 is 14.2 Å². The lowest BCUT2D eigenvalue weighted by atomic mass is 9.86. The quantitative estimate of drug-likeness (QED) is 0.152. The second-order valence-electron chi connectivity index (χ2n) is 14.0. The van der Waals surface area contributed by atoms with E-state index in [0.717, 1.165) is 38.2 Å². The Kier molecular flexibility index (Phi) is 13.4. The van der Waals surface area contributed by atoms with Crippen molar-refractivity contribution in [2.24, 2.45) is 23.3 Å². The molecule has 8 rings (SSSR count). The standard InChI is InChI=1S/C19H20BN5O4.C10H13N5O2.C9H8BBrO2/c1-11-6-17-12(2-4-20(27)29-17)7-15(11)23-19-14(18(22)26)9-25(24-19)16-10-28-5-3-13(16)8-21;11-3-6-1-2-17-5-8(6)15-4-7(10(13)16)9(12)14-15;1-6-4-9-7(5-8(6)11)2-3-10(12)13-9/h2,4,6-7,9,13,16,27H,3,5,10H2,1H3,(H2,22,26)(H,23,24);4,6,8H,1-2,5H2,(H2,12,14)(H2,13,16);2-5,12H,1H3/t13-,16?;6-,8?;/m11./s1. The van der Waals surface area contributed by atoms with Gasteiger partial charge in [-0.15, -0.1) is 0 Å². The highest BCUT2D eigenvalue weighted by Gasteiger charge is 2.31. The molecule has 9 N–H and O–H groups in total. The number of aryl methyl sites for hydroxylation is 2. The van der Waals surface area contributed by atoms with Crippen molar-refractivity contribution in [2.45, 2.75) is 38.8 Å². The number of benzene rings is 2. The van der Waals surface area contributed by atoms with E-state index < -0.39 is 26.1 Å². The van der Waals surface area contributed by atoms with E-state index in [4.69, 9.17) is 41.2 Å². The summed E-state index contributed by atoms with van der Waals surface area (Å²) >= 11 is 3.44. The molecule has 2 aromatic heterocycles. The fraction of sp³-hybridized carbons (Fsp3) is 0.316. The van der Waals surface area contributed by atoms with E-state index in [2.05, 4.69) is 43.6 Å². The number of hydrogen-bond acceptors (Lipinski definition) is 14. The summed E-state index contributed by atoms with van der Waals surface area (Å²) in [4.78, 5) is 23.0. The van der Waals surface area contributed by atoms with Gasteiger partial charge in [0.15, 0.2) is 11.6 Å². The van der Waals surface area contributed by atoms with Crippen molar-refractivity contribution in [3.63, 3.8) is 0 Å². The summed E-state index contributed by atoms with van der Waals surface area (Å²) in [7, 11) is -1.78. The third-order valence-corrected chi connectivity index (χ3v) is 10.8. The van der Waals surface area contributed by atoms with Crippen LogP contribution in [0.15, 0.2) is 53.1 Å². The lowest BCUT2D eigenvalue weighted by molar-refractivity contribution is 0.0341. The maximum atomic E-state index is 12.0. The molecule has 6 heterocycles. The van der Waals surface area contributed by atoms with Gasteiger partial charge in [0.05, 0.1) is 49.3 Å². The zero-order valence-corrected chi connectivity index (χ0v) is 33.7. The van der Waals surface area contributed by atoms with Crippen molar-refractivity contribution >= 4 is 71.5 Å². The number of hydrogen-bond donors (Lipinski definition) is 6. The summed E-state index contributed by atoms with van der Waals surface area (Å²) < 4.78 is 25.6. The van der Waals surface area contributed by atoms with Gasteiger partial charge in [0.1, 0.15) is 22.6 Å². The lowest BCUT2D eigenvalue weighted by Crippen LogP contribution is -2.29. The molecule has 0 radical (unpaired) electrons. The molecule has 2 aromatic carbocycles. The summed E-state index contributed by atoms with van der Waals surface area (Å²) in [6.07, 6.45) is 7.90. The van der Waals surface area contributed by atoms with Crippen molar-refractivity contribution in [3.05, 3.63) is 86.5 Å². The highest BCUT2D eigenvalue weighted by molar-refractivity contribution is 9.10. The van der Waals surface area contributed by atoms with Crippen LogP contribution in [0, 0.1) is 48.3 Å². The molecule has 0 spiro atoms. The van der Waals surface area contributed by atoms with Gasteiger partial charge in [0, 0.05) is 46.9 Å². The number of ether oxygens (including phenoxy) is 2. The molecule has 0 saturated carbocycles. The minimum atomic E-state index is -0.969. The molecule has 304 valence electrons. The number of nitrogens with one attached hydrogen (secondary N) is 1. The number of nitrogens with two attached hydrogens (primary N) is 3. The molecule has 0 aliphatic carbocycles. The SMILES string of the molecule is Cc1cc2c(cc1Br)C=CB(O)O2.Cc1cc2c(cc1Nc1nn(C3COCC[C@@H]3C#N)cc1C(N)=O)C=CB(O)O2.N#C[C@H]1CCOCC1n1cc(C(N)=O)c(N)n1. The van der Waals surface area contributed by atoms with Crippen molar-refractivity contribution < 1.29 is 38.4 Å². The number of fused-ring (bicyclic) bond motifs is 2. The van der Waals surface area contributed by atoms with Crippen LogP contribution >= 0.6 is 15.9 Å². The van der Waals surface area contributed by atoms with Crippen LogP contribution in [0.25, 0.3) is 12.2 Å². The molecule has 59 heavy (non-hydrogen) atoms. The van der Waals surface area contributed by atoms with E-state index in [1.54, 1.807) is 29.0 Å². The average Bonchev–Trinajstić information content (AvgIpc) is 3.83. The number of primary amides is 2. The smallest absolute Gasteiger partial charge is 0.532 e. The predicted molar refractivity (Wildman–Crippen MR) is 222 cm³/mol. The summed E-state index contributed by atoms with van der Waals surface area (Å²) in [5.41, 5.74) is 21.1. The highest BCUT2D eigenvalue weighted by Crippen LogP contribution is 2.34. The number of carbonyl (C=O) groups is 2. The van der Waals surface area contributed by atoms with Gasteiger partial charge in [-0.3, -0.25) is 19.0 Å². The third-order valence-electron chi connectivity index (χ3n) is 9.96.